The molecule has 3 heterocycles. The molecule has 2 N–H and O–H groups in total. The molecule has 0 aliphatic carbocycles. The largest absolute Gasteiger partial charge is 0.459 e. The first-order chi connectivity index (χ1) is 10.1. The summed E-state index contributed by atoms with van der Waals surface area (Å²) in [4.78, 5) is 26.3. The number of carbonyl (C=O) groups is 2. The fraction of sp³-hybridized carbons (Fsp3) is 0.600. The van der Waals surface area contributed by atoms with Crippen molar-refractivity contribution in [3.05, 3.63) is 24.2 Å². The van der Waals surface area contributed by atoms with Crippen molar-refractivity contribution in [2.75, 3.05) is 0 Å². The van der Waals surface area contributed by atoms with Crippen LogP contribution in [0.15, 0.2) is 22.8 Å². The fourth-order valence-corrected chi connectivity index (χ4v) is 3.47. The first-order valence-electron chi connectivity index (χ1n) is 7.41. The van der Waals surface area contributed by atoms with Crippen LogP contribution in [0.5, 0.6) is 0 Å². The second-order valence-electron chi connectivity index (χ2n) is 5.93. The highest BCUT2D eigenvalue weighted by Gasteiger charge is 2.43. The van der Waals surface area contributed by atoms with E-state index in [9.17, 15) is 14.7 Å². The number of rotatable bonds is 3. The molecule has 6 nitrogen and oxygen atoms in total. The number of fused-ring (bicyclic) bond motifs is 2. The van der Waals surface area contributed by atoms with Gasteiger partial charge >= 0.3 is 0 Å². The molecule has 114 valence electrons. The lowest BCUT2D eigenvalue weighted by atomic mass is 9.99. The normalized spacial score (nSPS) is 29.2. The van der Waals surface area contributed by atoms with Gasteiger partial charge in [0.25, 0.3) is 5.91 Å². The Morgan fingerprint density at radius 2 is 2.05 bits per heavy atom. The van der Waals surface area contributed by atoms with Gasteiger partial charge in [-0.05, 0) is 44.7 Å². The predicted molar refractivity (Wildman–Crippen MR) is 74.5 cm³/mol. The molecule has 2 aliphatic rings. The van der Waals surface area contributed by atoms with Gasteiger partial charge in [0.15, 0.2) is 5.76 Å². The minimum absolute atomic E-state index is 0.0747. The maximum absolute atomic E-state index is 12.6. The molecule has 1 aromatic rings. The van der Waals surface area contributed by atoms with Crippen molar-refractivity contribution in [3.63, 3.8) is 0 Å². The van der Waals surface area contributed by atoms with Crippen LogP contribution in [0.4, 0.5) is 0 Å². The van der Waals surface area contributed by atoms with E-state index in [1.165, 1.54) is 6.26 Å². The standard InChI is InChI=1S/C15H20N2O4/c1-9(16-14(19)13-3-2-6-21-13)15(20)17-10-4-5-11(17)8-12(18)7-10/h2-3,6,9-12,18H,4-5,7-8H2,1H3,(H,16,19). The zero-order chi connectivity index (χ0) is 15.0. The fourth-order valence-electron chi connectivity index (χ4n) is 3.47. The molecule has 2 saturated heterocycles. The molecule has 0 saturated carbocycles. The minimum Gasteiger partial charge on any atom is -0.459 e. The van der Waals surface area contributed by atoms with Crippen LogP contribution in [-0.2, 0) is 4.79 Å². The Balaban J connectivity index is 1.64. The first kappa shape index (κ1) is 14.1. The van der Waals surface area contributed by atoms with E-state index in [0.29, 0.717) is 12.8 Å². The van der Waals surface area contributed by atoms with Gasteiger partial charge < -0.3 is 19.7 Å². The Kier molecular flexibility index (Phi) is 3.71. The number of hydrogen-bond acceptors (Lipinski definition) is 4. The molecule has 0 aromatic carbocycles. The van der Waals surface area contributed by atoms with E-state index in [2.05, 4.69) is 5.32 Å². The Labute approximate surface area is 123 Å². The van der Waals surface area contributed by atoms with Gasteiger partial charge in [-0.2, -0.15) is 0 Å². The third-order valence-electron chi connectivity index (χ3n) is 4.43. The number of furan rings is 1. The highest BCUT2D eigenvalue weighted by molar-refractivity contribution is 5.95. The molecule has 6 heteroatoms. The Morgan fingerprint density at radius 1 is 1.38 bits per heavy atom. The van der Waals surface area contributed by atoms with E-state index >= 15 is 0 Å². The Bertz CT molecular complexity index is 514. The lowest BCUT2D eigenvalue weighted by Gasteiger charge is -2.38. The number of nitrogens with one attached hydrogen (secondary N) is 1. The molecule has 0 radical (unpaired) electrons. The molecule has 3 unspecified atom stereocenters. The topological polar surface area (TPSA) is 82.8 Å². The minimum atomic E-state index is -0.596. The number of aliphatic hydroxyl groups is 1. The SMILES string of the molecule is CC(NC(=O)c1ccco1)C(=O)N1C2CCC1CC(O)C2. The average Bonchev–Trinajstić information content (AvgIpc) is 3.05. The van der Waals surface area contributed by atoms with E-state index in [1.807, 2.05) is 4.90 Å². The number of carbonyl (C=O) groups excluding carboxylic acids is 2. The molecule has 1 aromatic heterocycles. The van der Waals surface area contributed by atoms with Crippen LogP contribution >= 0.6 is 0 Å². The third kappa shape index (κ3) is 2.68. The van der Waals surface area contributed by atoms with Gasteiger partial charge in [0.2, 0.25) is 5.91 Å². The van der Waals surface area contributed by atoms with Crippen LogP contribution in [-0.4, -0.2) is 46.1 Å². The van der Waals surface area contributed by atoms with Crippen LogP contribution in [0.25, 0.3) is 0 Å². The van der Waals surface area contributed by atoms with Crippen molar-refractivity contribution in [2.24, 2.45) is 0 Å². The zero-order valence-electron chi connectivity index (χ0n) is 12.0. The monoisotopic (exact) mass is 292 g/mol. The second kappa shape index (κ2) is 5.52. The summed E-state index contributed by atoms with van der Waals surface area (Å²) in [5.41, 5.74) is 0. The number of nitrogens with zero attached hydrogens (tertiary/aromatic N) is 1. The van der Waals surface area contributed by atoms with Crippen molar-refractivity contribution in [1.82, 2.24) is 10.2 Å². The molecule has 3 rings (SSSR count). The van der Waals surface area contributed by atoms with E-state index in [-0.39, 0.29) is 35.8 Å². The van der Waals surface area contributed by atoms with Crippen molar-refractivity contribution in [3.8, 4) is 0 Å². The quantitative estimate of drug-likeness (QED) is 0.867. The lowest BCUT2D eigenvalue weighted by Crippen LogP contribution is -2.54. The van der Waals surface area contributed by atoms with Crippen molar-refractivity contribution >= 4 is 11.8 Å². The highest BCUT2D eigenvalue weighted by Crippen LogP contribution is 2.36. The van der Waals surface area contributed by atoms with Crippen LogP contribution in [0.1, 0.15) is 43.2 Å². The molecule has 3 atom stereocenters. The average molecular weight is 292 g/mol. The summed E-state index contributed by atoms with van der Waals surface area (Å²) in [7, 11) is 0. The summed E-state index contributed by atoms with van der Waals surface area (Å²) in [6, 6.07) is 2.81. The smallest absolute Gasteiger partial charge is 0.287 e. The summed E-state index contributed by atoms with van der Waals surface area (Å²) < 4.78 is 5.02. The lowest BCUT2D eigenvalue weighted by molar-refractivity contribution is -0.139. The summed E-state index contributed by atoms with van der Waals surface area (Å²) in [5, 5.41) is 12.5. The van der Waals surface area contributed by atoms with E-state index in [0.717, 1.165) is 12.8 Å². The van der Waals surface area contributed by atoms with Crippen LogP contribution < -0.4 is 5.32 Å². The molecular formula is C15H20N2O4. The summed E-state index contributed by atoms with van der Waals surface area (Å²) >= 11 is 0. The molecule has 21 heavy (non-hydrogen) atoms. The number of aliphatic hydroxyl groups excluding tert-OH is 1. The van der Waals surface area contributed by atoms with Gasteiger partial charge in [-0.15, -0.1) is 0 Å². The zero-order valence-corrected chi connectivity index (χ0v) is 12.0. The Morgan fingerprint density at radius 3 is 2.62 bits per heavy atom. The second-order valence-corrected chi connectivity index (χ2v) is 5.93. The highest BCUT2D eigenvalue weighted by atomic mass is 16.3. The number of amides is 2. The third-order valence-corrected chi connectivity index (χ3v) is 4.43. The van der Waals surface area contributed by atoms with E-state index < -0.39 is 6.04 Å². The van der Waals surface area contributed by atoms with Gasteiger partial charge in [0.05, 0.1) is 12.4 Å². The summed E-state index contributed by atoms with van der Waals surface area (Å²) in [6.45, 7) is 1.69. The van der Waals surface area contributed by atoms with Crippen LogP contribution in [0.3, 0.4) is 0 Å². The molecule has 2 bridgehead atoms. The number of piperidine rings is 1. The summed E-state index contributed by atoms with van der Waals surface area (Å²) in [6.07, 6.45) is 4.27. The van der Waals surface area contributed by atoms with Crippen molar-refractivity contribution < 1.29 is 19.1 Å². The first-order valence-corrected chi connectivity index (χ1v) is 7.41. The van der Waals surface area contributed by atoms with Crippen molar-refractivity contribution in [1.29, 1.82) is 0 Å². The van der Waals surface area contributed by atoms with Gasteiger partial charge in [-0.25, -0.2) is 0 Å². The van der Waals surface area contributed by atoms with E-state index in [4.69, 9.17) is 4.42 Å². The Hall–Kier alpha value is -1.82. The molecular weight excluding hydrogens is 272 g/mol. The molecule has 2 aliphatic heterocycles. The number of hydrogen-bond donors (Lipinski definition) is 2. The van der Waals surface area contributed by atoms with Crippen molar-refractivity contribution in [2.45, 2.75) is 56.8 Å². The van der Waals surface area contributed by atoms with E-state index in [1.54, 1.807) is 19.1 Å². The van der Waals surface area contributed by atoms with Gasteiger partial charge in [0, 0.05) is 12.1 Å². The maximum atomic E-state index is 12.6. The van der Waals surface area contributed by atoms with Gasteiger partial charge in [-0.1, -0.05) is 0 Å². The summed E-state index contributed by atoms with van der Waals surface area (Å²) in [5.74, 6) is -0.258. The maximum Gasteiger partial charge on any atom is 0.287 e. The predicted octanol–water partition coefficient (Wildman–Crippen LogP) is 0.912. The van der Waals surface area contributed by atoms with Crippen LogP contribution in [0.2, 0.25) is 0 Å². The molecule has 0 spiro atoms. The van der Waals surface area contributed by atoms with Crippen LogP contribution in [0, 0.1) is 0 Å². The van der Waals surface area contributed by atoms with Gasteiger partial charge in [0.1, 0.15) is 6.04 Å². The molecule has 2 amide bonds. The van der Waals surface area contributed by atoms with Gasteiger partial charge in [-0.3, -0.25) is 9.59 Å². The molecule has 2 fully saturated rings.